The molecule has 2 N–H and O–H groups in total. The van der Waals surface area contributed by atoms with E-state index in [1.807, 2.05) is 61.5 Å². The van der Waals surface area contributed by atoms with Crippen molar-refractivity contribution in [3.63, 3.8) is 0 Å². The highest BCUT2D eigenvalue weighted by atomic mass is 16.5. The van der Waals surface area contributed by atoms with E-state index in [9.17, 15) is 9.59 Å². The molecule has 0 aromatic heterocycles. The third kappa shape index (κ3) is 6.21. The van der Waals surface area contributed by atoms with Crippen molar-refractivity contribution >= 4 is 23.2 Å². The second-order valence-electron chi connectivity index (χ2n) is 6.58. The van der Waals surface area contributed by atoms with Crippen molar-refractivity contribution in [2.24, 2.45) is 0 Å². The fraction of sp³-hybridized carbons (Fsp3) is 0.167. The summed E-state index contributed by atoms with van der Waals surface area (Å²) < 4.78 is 5.73. The van der Waals surface area contributed by atoms with Crippen LogP contribution < -0.4 is 15.4 Å². The Hall–Kier alpha value is -3.60. The Bertz CT molecular complexity index is 953. The van der Waals surface area contributed by atoms with Gasteiger partial charge < -0.3 is 15.4 Å². The van der Waals surface area contributed by atoms with Gasteiger partial charge in [-0.1, -0.05) is 55.5 Å². The van der Waals surface area contributed by atoms with Crippen LogP contribution in [-0.2, 0) is 22.6 Å². The molecule has 0 aliphatic rings. The third-order valence-corrected chi connectivity index (χ3v) is 4.38. The fourth-order valence-electron chi connectivity index (χ4n) is 2.87. The lowest BCUT2D eigenvalue weighted by Gasteiger charge is -2.10. The topological polar surface area (TPSA) is 67.4 Å². The number of aryl methyl sites for hydroxylation is 1. The second kappa shape index (κ2) is 10.1. The van der Waals surface area contributed by atoms with Gasteiger partial charge in [-0.25, -0.2) is 0 Å². The minimum atomic E-state index is -0.366. The summed E-state index contributed by atoms with van der Waals surface area (Å²) in [5, 5.41) is 5.53. The van der Waals surface area contributed by atoms with Crippen LogP contribution in [-0.4, -0.2) is 11.8 Å². The summed E-state index contributed by atoms with van der Waals surface area (Å²) in [6.45, 7) is 2.50. The van der Waals surface area contributed by atoms with E-state index in [1.165, 1.54) is 0 Å². The normalized spacial score (nSPS) is 10.2. The first-order chi connectivity index (χ1) is 14.1. The van der Waals surface area contributed by atoms with E-state index in [0.29, 0.717) is 18.0 Å². The monoisotopic (exact) mass is 388 g/mol. The molecule has 29 heavy (non-hydrogen) atoms. The molecule has 5 heteroatoms. The van der Waals surface area contributed by atoms with Gasteiger partial charge in [-0.3, -0.25) is 9.59 Å². The summed E-state index contributed by atoms with van der Waals surface area (Å²) >= 11 is 0. The predicted octanol–water partition coefficient (Wildman–Crippen LogP) is 4.80. The molecule has 0 radical (unpaired) electrons. The van der Waals surface area contributed by atoms with Crippen LogP contribution in [0.2, 0.25) is 0 Å². The van der Waals surface area contributed by atoms with Crippen LogP contribution in [0.25, 0.3) is 0 Å². The quantitative estimate of drug-likeness (QED) is 0.545. The Labute approximate surface area is 170 Å². The number of amides is 2. The highest BCUT2D eigenvalue weighted by Crippen LogP contribution is 2.18. The maximum absolute atomic E-state index is 12.2. The molecule has 0 saturated heterocycles. The molecule has 5 nitrogen and oxygen atoms in total. The molecule has 3 aromatic rings. The zero-order chi connectivity index (χ0) is 20.5. The average Bonchev–Trinajstić information content (AvgIpc) is 2.74. The number of hydrogen-bond donors (Lipinski definition) is 2. The second-order valence-corrected chi connectivity index (χ2v) is 6.58. The van der Waals surface area contributed by atoms with E-state index in [0.717, 1.165) is 23.2 Å². The number of anilines is 2. The first-order valence-corrected chi connectivity index (χ1v) is 9.58. The van der Waals surface area contributed by atoms with E-state index in [-0.39, 0.29) is 18.2 Å². The van der Waals surface area contributed by atoms with E-state index >= 15 is 0 Å². The van der Waals surface area contributed by atoms with Gasteiger partial charge in [0.05, 0.1) is 0 Å². The van der Waals surface area contributed by atoms with Crippen molar-refractivity contribution in [3.05, 3.63) is 90.0 Å². The van der Waals surface area contributed by atoms with E-state index in [1.54, 1.807) is 24.3 Å². The van der Waals surface area contributed by atoms with Gasteiger partial charge in [0.15, 0.2) is 0 Å². The molecule has 2 amide bonds. The van der Waals surface area contributed by atoms with Gasteiger partial charge in [0, 0.05) is 11.4 Å². The lowest BCUT2D eigenvalue weighted by atomic mass is 10.1. The number of benzene rings is 3. The van der Waals surface area contributed by atoms with Crippen LogP contribution in [0.4, 0.5) is 11.4 Å². The molecular weight excluding hydrogens is 364 g/mol. The number of ether oxygens (including phenoxy) is 1. The summed E-state index contributed by atoms with van der Waals surface area (Å²) in [6, 6.07) is 24.5. The molecule has 0 aliphatic carbocycles. The number of rotatable bonds is 8. The van der Waals surface area contributed by atoms with Crippen LogP contribution >= 0.6 is 0 Å². The van der Waals surface area contributed by atoms with E-state index in [2.05, 4.69) is 10.6 Å². The van der Waals surface area contributed by atoms with Crippen molar-refractivity contribution in [3.8, 4) is 5.75 Å². The number of hydrogen-bond acceptors (Lipinski definition) is 3. The van der Waals surface area contributed by atoms with Gasteiger partial charge in [-0.2, -0.15) is 0 Å². The molecule has 0 spiro atoms. The summed E-state index contributed by atoms with van der Waals surface area (Å²) in [4.78, 5) is 24.3. The Balaban J connectivity index is 1.48. The summed E-state index contributed by atoms with van der Waals surface area (Å²) in [6.07, 6.45) is 0.561. The maximum Gasteiger partial charge on any atom is 0.233 e. The Morgan fingerprint density at radius 1 is 0.793 bits per heavy atom. The van der Waals surface area contributed by atoms with Crippen molar-refractivity contribution in [1.29, 1.82) is 0 Å². The molecule has 0 aliphatic heterocycles. The van der Waals surface area contributed by atoms with Crippen LogP contribution in [0.1, 0.15) is 24.5 Å². The molecule has 0 heterocycles. The first-order valence-electron chi connectivity index (χ1n) is 9.58. The zero-order valence-corrected chi connectivity index (χ0v) is 16.4. The van der Waals surface area contributed by atoms with Gasteiger partial charge in [0.25, 0.3) is 0 Å². The minimum Gasteiger partial charge on any atom is -0.489 e. The van der Waals surface area contributed by atoms with E-state index < -0.39 is 0 Å². The van der Waals surface area contributed by atoms with Gasteiger partial charge in [-0.15, -0.1) is 0 Å². The molecule has 0 fully saturated rings. The standard InChI is InChI=1S/C24H24N2O3/c1-2-19-10-6-7-11-22(19)26-24(28)16-23(27)25-20-12-14-21(15-13-20)29-17-18-8-4-3-5-9-18/h3-15H,2,16-17H2,1H3,(H,25,27)(H,26,28). The largest absolute Gasteiger partial charge is 0.489 e. The van der Waals surface area contributed by atoms with Gasteiger partial charge >= 0.3 is 0 Å². The third-order valence-electron chi connectivity index (χ3n) is 4.38. The molecule has 148 valence electrons. The molecule has 3 aromatic carbocycles. The minimum absolute atomic E-state index is 0.246. The number of carbonyl (C=O) groups excluding carboxylic acids is 2. The molecule has 3 rings (SSSR count). The molecular formula is C24H24N2O3. The molecule has 0 bridgehead atoms. The van der Waals surface area contributed by atoms with Crippen molar-refractivity contribution in [2.75, 3.05) is 10.6 Å². The fourth-order valence-corrected chi connectivity index (χ4v) is 2.87. The van der Waals surface area contributed by atoms with E-state index in [4.69, 9.17) is 4.74 Å². The van der Waals surface area contributed by atoms with Crippen molar-refractivity contribution in [1.82, 2.24) is 0 Å². The van der Waals surface area contributed by atoms with Crippen LogP contribution in [0.15, 0.2) is 78.9 Å². The Morgan fingerprint density at radius 2 is 1.45 bits per heavy atom. The maximum atomic E-state index is 12.2. The van der Waals surface area contributed by atoms with Crippen molar-refractivity contribution in [2.45, 2.75) is 26.4 Å². The molecule has 0 atom stereocenters. The number of nitrogens with one attached hydrogen (secondary N) is 2. The smallest absolute Gasteiger partial charge is 0.233 e. The lowest BCUT2D eigenvalue weighted by Crippen LogP contribution is -2.21. The molecule has 0 unspecified atom stereocenters. The van der Waals surface area contributed by atoms with Crippen molar-refractivity contribution < 1.29 is 14.3 Å². The highest BCUT2D eigenvalue weighted by Gasteiger charge is 2.11. The Morgan fingerprint density at radius 3 is 2.17 bits per heavy atom. The number of carbonyl (C=O) groups is 2. The summed E-state index contributed by atoms with van der Waals surface area (Å²) in [7, 11) is 0. The summed E-state index contributed by atoms with van der Waals surface area (Å²) in [5.41, 5.74) is 3.48. The number of para-hydroxylation sites is 1. The van der Waals surface area contributed by atoms with Gasteiger partial charge in [0.1, 0.15) is 18.8 Å². The zero-order valence-electron chi connectivity index (χ0n) is 16.4. The Kier molecular flexibility index (Phi) is 7.00. The summed E-state index contributed by atoms with van der Waals surface area (Å²) in [5.74, 6) is 0.00131. The van der Waals surface area contributed by atoms with Gasteiger partial charge in [-0.05, 0) is 47.9 Å². The predicted molar refractivity (Wildman–Crippen MR) is 115 cm³/mol. The SMILES string of the molecule is CCc1ccccc1NC(=O)CC(=O)Nc1ccc(OCc2ccccc2)cc1. The lowest BCUT2D eigenvalue weighted by molar-refractivity contribution is -0.123. The average molecular weight is 388 g/mol. The first kappa shape index (κ1) is 20.1. The van der Waals surface area contributed by atoms with Gasteiger partial charge in [0.2, 0.25) is 11.8 Å². The highest BCUT2D eigenvalue weighted by molar-refractivity contribution is 6.08. The molecule has 0 saturated carbocycles. The van der Waals surface area contributed by atoms with Crippen LogP contribution in [0.5, 0.6) is 5.75 Å². The van der Waals surface area contributed by atoms with Crippen LogP contribution in [0, 0.1) is 0 Å². The van der Waals surface area contributed by atoms with Crippen LogP contribution in [0.3, 0.4) is 0 Å².